The molecule has 2 amide bonds. The molecular weight excluding hydrogens is 308 g/mol. The van der Waals surface area contributed by atoms with Crippen LogP contribution in [-0.4, -0.2) is 29.8 Å². The lowest BCUT2D eigenvalue weighted by molar-refractivity contribution is 0.174. The van der Waals surface area contributed by atoms with Gasteiger partial charge in [-0.05, 0) is 29.8 Å². The molecule has 23 heavy (non-hydrogen) atoms. The van der Waals surface area contributed by atoms with E-state index in [9.17, 15) is 18.7 Å². The third kappa shape index (κ3) is 4.36. The van der Waals surface area contributed by atoms with Gasteiger partial charge < -0.3 is 20.5 Å². The summed E-state index contributed by atoms with van der Waals surface area (Å²) in [6.45, 7) is -0.181. The van der Waals surface area contributed by atoms with Crippen LogP contribution in [0.5, 0.6) is 5.88 Å². The maximum Gasteiger partial charge on any atom is 0.319 e. The molecule has 0 saturated carbocycles. The quantitative estimate of drug-likeness (QED) is 0.788. The van der Waals surface area contributed by atoms with Crippen molar-refractivity contribution in [3.8, 4) is 5.88 Å². The van der Waals surface area contributed by atoms with E-state index >= 15 is 0 Å². The topological polar surface area (TPSA) is 83.5 Å². The number of benzene rings is 1. The van der Waals surface area contributed by atoms with Gasteiger partial charge in [0.15, 0.2) is 11.6 Å². The van der Waals surface area contributed by atoms with Crippen LogP contribution in [-0.2, 0) is 0 Å². The van der Waals surface area contributed by atoms with E-state index < -0.39 is 23.8 Å². The highest BCUT2D eigenvalue weighted by atomic mass is 19.2. The first kappa shape index (κ1) is 16.6. The first-order valence-corrected chi connectivity index (χ1v) is 6.68. The predicted octanol–water partition coefficient (Wildman–Crippen LogP) is 2.22. The highest BCUT2D eigenvalue weighted by Gasteiger charge is 2.13. The summed E-state index contributed by atoms with van der Waals surface area (Å²) in [6, 6.07) is 5.65. The summed E-state index contributed by atoms with van der Waals surface area (Å²) in [5, 5.41) is 14.8. The Kier molecular flexibility index (Phi) is 5.42. The van der Waals surface area contributed by atoms with Gasteiger partial charge >= 0.3 is 6.03 Å². The molecule has 2 rings (SSSR count). The molecule has 0 spiro atoms. The number of rotatable bonds is 5. The van der Waals surface area contributed by atoms with Gasteiger partial charge in [-0.2, -0.15) is 0 Å². The number of amides is 2. The highest BCUT2D eigenvalue weighted by molar-refractivity contribution is 5.90. The van der Waals surface area contributed by atoms with Crippen LogP contribution in [0.3, 0.4) is 0 Å². The van der Waals surface area contributed by atoms with Crippen LogP contribution >= 0.6 is 0 Å². The second-order valence-electron chi connectivity index (χ2n) is 4.58. The van der Waals surface area contributed by atoms with E-state index in [-0.39, 0.29) is 18.0 Å². The molecule has 1 aromatic heterocycles. The third-order valence-corrected chi connectivity index (χ3v) is 3.00. The van der Waals surface area contributed by atoms with Crippen molar-refractivity contribution in [2.75, 3.05) is 19.0 Å². The van der Waals surface area contributed by atoms with Crippen LogP contribution < -0.4 is 15.4 Å². The number of halogens is 2. The van der Waals surface area contributed by atoms with Crippen molar-refractivity contribution in [1.82, 2.24) is 10.3 Å². The SMILES string of the molecule is COc1ncccc1NC(=O)NCC(O)c1ccc(F)c(F)c1. The minimum Gasteiger partial charge on any atom is -0.480 e. The van der Waals surface area contributed by atoms with Crippen molar-refractivity contribution in [3.63, 3.8) is 0 Å². The fourth-order valence-electron chi connectivity index (χ4n) is 1.84. The number of carbonyl (C=O) groups is 1. The van der Waals surface area contributed by atoms with Crippen LogP contribution in [0.4, 0.5) is 19.3 Å². The van der Waals surface area contributed by atoms with Crippen molar-refractivity contribution < 1.29 is 23.4 Å². The number of hydrogen-bond donors (Lipinski definition) is 3. The number of methoxy groups -OCH3 is 1. The average molecular weight is 323 g/mol. The lowest BCUT2D eigenvalue weighted by Crippen LogP contribution is -2.32. The van der Waals surface area contributed by atoms with Crippen molar-refractivity contribution in [2.24, 2.45) is 0 Å². The molecule has 3 N–H and O–H groups in total. The molecule has 1 atom stereocenters. The summed E-state index contributed by atoms with van der Waals surface area (Å²) < 4.78 is 30.9. The van der Waals surface area contributed by atoms with Crippen molar-refractivity contribution in [1.29, 1.82) is 0 Å². The van der Waals surface area contributed by atoms with Crippen LogP contribution in [0.15, 0.2) is 36.5 Å². The predicted molar refractivity (Wildman–Crippen MR) is 79.1 cm³/mol. The van der Waals surface area contributed by atoms with Gasteiger partial charge in [0, 0.05) is 12.7 Å². The number of nitrogens with one attached hydrogen (secondary N) is 2. The van der Waals surface area contributed by atoms with Crippen LogP contribution in [0.25, 0.3) is 0 Å². The molecule has 0 radical (unpaired) electrons. The monoisotopic (exact) mass is 323 g/mol. The average Bonchev–Trinajstić information content (AvgIpc) is 2.55. The minimum absolute atomic E-state index is 0.156. The molecule has 0 aliphatic carbocycles. The Labute approximate surface area is 131 Å². The van der Waals surface area contributed by atoms with Gasteiger partial charge in [0.25, 0.3) is 0 Å². The number of anilines is 1. The van der Waals surface area contributed by atoms with Gasteiger partial charge in [0.2, 0.25) is 5.88 Å². The molecule has 1 aromatic carbocycles. The molecule has 122 valence electrons. The molecule has 0 bridgehead atoms. The van der Waals surface area contributed by atoms with E-state index in [1.807, 2.05) is 0 Å². The fourth-order valence-corrected chi connectivity index (χ4v) is 1.84. The molecule has 0 aliphatic heterocycles. The Morgan fingerprint density at radius 1 is 1.35 bits per heavy atom. The number of carbonyl (C=O) groups excluding carboxylic acids is 1. The maximum atomic E-state index is 13.1. The van der Waals surface area contributed by atoms with Gasteiger partial charge in [-0.3, -0.25) is 0 Å². The molecule has 1 unspecified atom stereocenters. The normalized spacial score (nSPS) is 11.7. The Balaban J connectivity index is 1.92. The number of aliphatic hydroxyl groups is 1. The fraction of sp³-hybridized carbons (Fsp3) is 0.200. The Bertz CT molecular complexity index is 697. The molecular formula is C15H15F2N3O3. The first-order valence-electron chi connectivity index (χ1n) is 6.68. The molecule has 1 heterocycles. The number of ether oxygens (including phenoxy) is 1. The molecule has 2 aromatic rings. The van der Waals surface area contributed by atoms with Gasteiger partial charge in [0.05, 0.1) is 13.2 Å². The van der Waals surface area contributed by atoms with E-state index in [0.717, 1.165) is 12.1 Å². The minimum atomic E-state index is -1.17. The summed E-state index contributed by atoms with van der Waals surface area (Å²) >= 11 is 0. The van der Waals surface area contributed by atoms with Gasteiger partial charge in [0.1, 0.15) is 5.69 Å². The summed E-state index contributed by atoms with van der Waals surface area (Å²) in [5.74, 6) is -1.83. The third-order valence-electron chi connectivity index (χ3n) is 3.00. The summed E-state index contributed by atoms with van der Waals surface area (Å²) in [7, 11) is 1.41. The van der Waals surface area contributed by atoms with Crippen LogP contribution in [0, 0.1) is 11.6 Å². The number of pyridine rings is 1. The van der Waals surface area contributed by atoms with Gasteiger partial charge in [-0.1, -0.05) is 6.07 Å². The molecule has 0 aliphatic rings. The lowest BCUT2D eigenvalue weighted by atomic mass is 10.1. The van der Waals surface area contributed by atoms with E-state index in [0.29, 0.717) is 5.69 Å². The largest absolute Gasteiger partial charge is 0.480 e. The van der Waals surface area contributed by atoms with Gasteiger partial charge in [-0.25, -0.2) is 18.6 Å². The number of aliphatic hydroxyl groups excluding tert-OH is 1. The van der Waals surface area contributed by atoms with E-state index in [2.05, 4.69) is 15.6 Å². The second kappa shape index (κ2) is 7.50. The molecule has 0 fully saturated rings. The van der Waals surface area contributed by atoms with E-state index in [1.165, 1.54) is 19.4 Å². The molecule has 6 nitrogen and oxygen atoms in total. The Morgan fingerprint density at radius 3 is 2.83 bits per heavy atom. The number of aromatic nitrogens is 1. The van der Waals surface area contributed by atoms with E-state index in [4.69, 9.17) is 4.74 Å². The lowest BCUT2D eigenvalue weighted by Gasteiger charge is -2.14. The van der Waals surface area contributed by atoms with Crippen LogP contribution in [0.1, 0.15) is 11.7 Å². The summed E-state index contributed by atoms with van der Waals surface area (Å²) in [5.41, 5.74) is 0.512. The van der Waals surface area contributed by atoms with Crippen molar-refractivity contribution >= 4 is 11.7 Å². The zero-order chi connectivity index (χ0) is 16.8. The Morgan fingerprint density at radius 2 is 2.13 bits per heavy atom. The number of urea groups is 1. The highest BCUT2D eigenvalue weighted by Crippen LogP contribution is 2.19. The van der Waals surface area contributed by atoms with Crippen LogP contribution in [0.2, 0.25) is 0 Å². The van der Waals surface area contributed by atoms with Crippen molar-refractivity contribution in [2.45, 2.75) is 6.10 Å². The smallest absolute Gasteiger partial charge is 0.319 e. The molecule has 8 heteroatoms. The zero-order valence-electron chi connectivity index (χ0n) is 12.2. The zero-order valence-corrected chi connectivity index (χ0v) is 12.2. The standard InChI is InChI=1S/C15H15F2N3O3/c1-23-14-12(3-2-6-18-14)20-15(22)19-8-13(21)9-4-5-10(16)11(17)7-9/h2-7,13,21H,8H2,1H3,(H2,19,20,22). The second-order valence-corrected chi connectivity index (χ2v) is 4.58. The summed E-state index contributed by atoms with van der Waals surface area (Å²) in [6.07, 6.45) is 0.334. The number of hydrogen-bond acceptors (Lipinski definition) is 4. The first-order chi connectivity index (χ1) is 11.0. The maximum absolute atomic E-state index is 13.1. The molecule has 0 saturated heterocycles. The van der Waals surface area contributed by atoms with Crippen molar-refractivity contribution in [3.05, 3.63) is 53.7 Å². The number of nitrogens with zero attached hydrogens (tertiary/aromatic N) is 1. The van der Waals surface area contributed by atoms with E-state index in [1.54, 1.807) is 12.1 Å². The Hall–Kier alpha value is -2.74. The summed E-state index contributed by atoms with van der Waals surface area (Å²) in [4.78, 5) is 15.7. The van der Waals surface area contributed by atoms with Gasteiger partial charge in [-0.15, -0.1) is 0 Å².